The van der Waals surface area contributed by atoms with Gasteiger partial charge < -0.3 is 15.0 Å². The molecule has 2 atom stereocenters. The zero-order chi connectivity index (χ0) is 10.3. The minimum Gasteiger partial charge on any atom is -0.444 e. The van der Waals surface area contributed by atoms with Crippen LogP contribution in [0.5, 0.6) is 0 Å². The Labute approximate surface area is 84.6 Å². The number of hydrogen-bond donors (Lipinski definition) is 1. The van der Waals surface area contributed by atoms with Crippen LogP contribution in [0.4, 0.5) is 4.79 Å². The van der Waals surface area contributed by atoms with Crippen molar-refractivity contribution in [3.63, 3.8) is 0 Å². The van der Waals surface area contributed by atoms with Crippen molar-refractivity contribution in [1.82, 2.24) is 10.2 Å². The van der Waals surface area contributed by atoms with Crippen LogP contribution in [0.2, 0.25) is 0 Å². The molecular formula is C10H18N2O2. The molecule has 0 aromatic rings. The Bertz CT molecular complexity index is 247. The predicted octanol–water partition coefficient (Wildman–Crippen LogP) is 0.968. The summed E-state index contributed by atoms with van der Waals surface area (Å²) in [6.45, 7) is 7.36. The van der Waals surface area contributed by atoms with E-state index in [0.29, 0.717) is 12.1 Å². The molecule has 0 aromatic heterocycles. The third kappa shape index (κ3) is 2.00. The van der Waals surface area contributed by atoms with Gasteiger partial charge in [-0.25, -0.2) is 4.79 Å². The normalized spacial score (nSPS) is 30.9. The van der Waals surface area contributed by atoms with E-state index in [1.54, 1.807) is 0 Å². The van der Waals surface area contributed by atoms with Crippen molar-refractivity contribution in [2.45, 2.75) is 44.9 Å². The summed E-state index contributed by atoms with van der Waals surface area (Å²) >= 11 is 0. The monoisotopic (exact) mass is 198 g/mol. The Balaban J connectivity index is 1.91. The van der Waals surface area contributed by atoms with Gasteiger partial charge in [-0.15, -0.1) is 0 Å². The Morgan fingerprint density at radius 3 is 2.86 bits per heavy atom. The largest absolute Gasteiger partial charge is 0.444 e. The molecule has 4 nitrogen and oxygen atoms in total. The van der Waals surface area contributed by atoms with Crippen molar-refractivity contribution in [1.29, 1.82) is 0 Å². The summed E-state index contributed by atoms with van der Waals surface area (Å²) in [4.78, 5) is 13.6. The number of carbonyl (C=O) groups excluding carboxylic acids is 1. The molecule has 0 bridgehead atoms. The minimum absolute atomic E-state index is 0.161. The zero-order valence-corrected chi connectivity index (χ0v) is 9.04. The average Bonchev–Trinajstić information content (AvgIpc) is 2.77. The van der Waals surface area contributed by atoms with Crippen LogP contribution in [0.3, 0.4) is 0 Å². The Hall–Kier alpha value is -0.770. The summed E-state index contributed by atoms with van der Waals surface area (Å²) in [5.74, 6) is 0. The molecule has 1 saturated heterocycles. The molecule has 2 rings (SSSR count). The fourth-order valence-electron chi connectivity index (χ4n) is 1.83. The van der Waals surface area contributed by atoms with Gasteiger partial charge in [0.1, 0.15) is 5.60 Å². The molecule has 1 saturated carbocycles. The molecule has 4 heteroatoms. The fourth-order valence-corrected chi connectivity index (χ4v) is 1.83. The predicted molar refractivity (Wildman–Crippen MR) is 53.1 cm³/mol. The highest BCUT2D eigenvalue weighted by atomic mass is 16.6. The number of rotatable bonds is 0. The number of hydrogen-bond acceptors (Lipinski definition) is 3. The van der Waals surface area contributed by atoms with E-state index in [9.17, 15) is 4.79 Å². The third-order valence-corrected chi connectivity index (χ3v) is 2.54. The maximum Gasteiger partial charge on any atom is 0.410 e. The summed E-state index contributed by atoms with van der Waals surface area (Å²) < 4.78 is 5.33. The first-order chi connectivity index (χ1) is 6.47. The van der Waals surface area contributed by atoms with E-state index in [1.807, 2.05) is 25.7 Å². The van der Waals surface area contributed by atoms with Crippen molar-refractivity contribution in [3.8, 4) is 0 Å². The lowest BCUT2D eigenvalue weighted by atomic mass is 10.2. The first-order valence-electron chi connectivity index (χ1n) is 5.20. The van der Waals surface area contributed by atoms with E-state index in [1.165, 1.54) is 0 Å². The topological polar surface area (TPSA) is 41.6 Å². The summed E-state index contributed by atoms with van der Waals surface area (Å²) in [6, 6.07) is 0.912. The standard InChI is InChI=1S/C10H18N2O2/c1-10(2,3)14-9(13)12-5-4-11-7-6-8(7)12/h7-8,11H,4-6H2,1-3H3/t7-,8+/m0/s1. The lowest BCUT2D eigenvalue weighted by molar-refractivity contribution is 0.0208. The van der Waals surface area contributed by atoms with Gasteiger partial charge in [0.05, 0.1) is 6.04 Å². The van der Waals surface area contributed by atoms with Gasteiger partial charge >= 0.3 is 6.09 Å². The fraction of sp³-hybridized carbons (Fsp3) is 0.900. The van der Waals surface area contributed by atoms with E-state index in [2.05, 4.69) is 5.32 Å². The van der Waals surface area contributed by atoms with Gasteiger partial charge in [0.25, 0.3) is 0 Å². The van der Waals surface area contributed by atoms with Crippen molar-refractivity contribution in [2.75, 3.05) is 13.1 Å². The second-order valence-electron chi connectivity index (χ2n) is 5.04. The second kappa shape index (κ2) is 3.12. The van der Waals surface area contributed by atoms with Crippen LogP contribution in [0.25, 0.3) is 0 Å². The van der Waals surface area contributed by atoms with Gasteiger partial charge in [-0.1, -0.05) is 0 Å². The van der Waals surface area contributed by atoms with Crippen LogP contribution in [0.15, 0.2) is 0 Å². The number of amides is 1. The highest BCUT2D eigenvalue weighted by molar-refractivity contribution is 5.69. The number of ether oxygens (including phenoxy) is 1. The maximum atomic E-state index is 11.7. The molecule has 0 unspecified atom stereocenters. The van der Waals surface area contributed by atoms with Crippen LogP contribution >= 0.6 is 0 Å². The highest BCUT2D eigenvalue weighted by Gasteiger charge is 2.47. The first-order valence-corrected chi connectivity index (χ1v) is 5.20. The smallest absolute Gasteiger partial charge is 0.410 e. The molecule has 1 aliphatic heterocycles. The molecule has 0 aromatic carbocycles. The number of nitrogens with zero attached hydrogens (tertiary/aromatic N) is 1. The molecule has 80 valence electrons. The molecule has 2 aliphatic rings. The lowest BCUT2D eigenvalue weighted by Gasteiger charge is -2.30. The molecule has 1 heterocycles. The summed E-state index contributed by atoms with van der Waals surface area (Å²) in [7, 11) is 0. The quantitative estimate of drug-likeness (QED) is 0.630. The lowest BCUT2D eigenvalue weighted by Crippen LogP contribution is -2.48. The van der Waals surface area contributed by atoms with Gasteiger partial charge in [0.2, 0.25) is 0 Å². The van der Waals surface area contributed by atoms with Gasteiger partial charge in [-0.2, -0.15) is 0 Å². The van der Waals surface area contributed by atoms with Gasteiger partial charge in [-0.3, -0.25) is 0 Å². The van der Waals surface area contributed by atoms with E-state index < -0.39 is 0 Å². The van der Waals surface area contributed by atoms with Crippen molar-refractivity contribution >= 4 is 6.09 Å². The van der Waals surface area contributed by atoms with Crippen LogP contribution in [0, 0.1) is 0 Å². The molecule has 1 aliphatic carbocycles. The molecular weight excluding hydrogens is 180 g/mol. The molecule has 2 fully saturated rings. The van der Waals surface area contributed by atoms with E-state index in [0.717, 1.165) is 19.5 Å². The Morgan fingerprint density at radius 2 is 2.21 bits per heavy atom. The molecule has 1 N–H and O–H groups in total. The van der Waals surface area contributed by atoms with E-state index in [-0.39, 0.29) is 11.7 Å². The number of piperazine rings is 1. The minimum atomic E-state index is -0.383. The van der Waals surface area contributed by atoms with Crippen LogP contribution in [-0.2, 0) is 4.74 Å². The Kier molecular flexibility index (Phi) is 2.18. The Morgan fingerprint density at radius 1 is 1.50 bits per heavy atom. The average molecular weight is 198 g/mol. The van der Waals surface area contributed by atoms with Crippen LogP contribution < -0.4 is 5.32 Å². The SMILES string of the molecule is CC(C)(C)OC(=O)N1CCN[C@H]2C[C@H]21. The molecule has 0 spiro atoms. The van der Waals surface area contributed by atoms with E-state index in [4.69, 9.17) is 4.74 Å². The van der Waals surface area contributed by atoms with Gasteiger partial charge in [-0.05, 0) is 27.2 Å². The number of fused-ring (bicyclic) bond motifs is 1. The highest BCUT2D eigenvalue weighted by Crippen LogP contribution is 2.31. The van der Waals surface area contributed by atoms with Gasteiger partial charge in [0.15, 0.2) is 0 Å². The maximum absolute atomic E-state index is 11.7. The van der Waals surface area contributed by atoms with Crippen LogP contribution in [0.1, 0.15) is 27.2 Å². The number of nitrogens with one attached hydrogen (secondary N) is 1. The van der Waals surface area contributed by atoms with Crippen molar-refractivity contribution in [2.24, 2.45) is 0 Å². The zero-order valence-electron chi connectivity index (χ0n) is 9.04. The number of carbonyl (C=O) groups is 1. The summed E-state index contributed by atoms with van der Waals surface area (Å²) in [5, 5.41) is 3.35. The third-order valence-electron chi connectivity index (χ3n) is 2.54. The second-order valence-corrected chi connectivity index (χ2v) is 5.04. The summed E-state index contributed by atoms with van der Waals surface area (Å²) in [5.41, 5.74) is -0.383. The van der Waals surface area contributed by atoms with Crippen molar-refractivity contribution in [3.05, 3.63) is 0 Å². The molecule has 1 amide bonds. The first kappa shape index (κ1) is 9.77. The van der Waals surface area contributed by atoms with E-state index >= 15 is 0 Å². The summed E-state index contributed by atoms with van der Waals surface area (Å²) in [6.07, 6.45) is 0.922. The van der Waals surface area contributed by atoms with Gasteiger partial charge in [0, 0.05) is 19.1 Å². The van der Waals surface area contributed by atoms with Crippen LogP contribution in [-0.4, -0.2) is 41.8 Å². The van der Waals surface area contributed by atoms with Crippen molar-refractivity contribution < 1.29 is 9.53 Å². The molecule has 0 radical (unpaired) electrons. The molecule has 14 heavy (non-hydrogen) atoms.